The van der Waals surface area contributed by atoms with Crippen LogP contribution in [-0.2, 0) is 9.53 Å². The van der Waals surface area contributed by atoms with Crippen molar-refractivity contribution in [1.82, 2.24) is 4.90 Å². The van der Waals surface area contributed by atoms with E-state index in [1.54, 1.807) is 19.1 Å². The molecule has 0 saturated carbocycles. The molecule has 2 aliphatic rings. The minimum absolute atomic E-state index is 0.0194. The molecular formula is C19H27FN2O2. The summed E-state index contributed by atoms with van der Waals surface area (Å²) in [5.41, 5.74) is 1.30. The van der Waals surface area contributed by atoms with Crippen LogP contribution in [0.5, 0.6) is 0 Å². The molecule has 0 radical (unpaired) electrons. The lowest BCUT2D eigenvalue weighted by atomic mass is 9.74. The van der Waals surface area contributed by atoms with E-state index in [1.807, 2.05) is 0 Å². The molecule has 132 valence electrons. The largest absolute Gasteiger partial charge is 0.375 e. The van der Waals surface area contributed by atoms with Crippen LogP contribution in [0.4, 0.5) is 10.1 Å². The molecule has 0 bridgehead atoms. The normalized spacial score (nSPS) is 22.7. The topological polar surface area (TPSA) is 41.6 Å². The first-order chi connectivity index (χ1) is 11.3. The van der Waals surface area contributed by atoms with Gasteiger partial charge in [0.25, 0.3) is 0 Å². The lowest BCUT2D eigenvalue weighted by molar-refractivity contribution is -0.117. The summed E-state index contributed by atoms with van der Waals surface area (Å²) < 4.78 is 19.5. The number of hydrogen-bond donors (Lipinski definition) is 1. The van der Waals surface area contributed by atoms with Gasteiger partial charge >= 0.3 is 0 Å². The molecule has 2 heterocycles. The zero-order valence-corrected chi connectivity index (χ0v) is 14.8. The first-order valence-corrected chi connectivity index (χ1v) is 8.70. The highest BCUT2D eigenvalue weighted by Crippen LogP contribution is 2.46. The van der Waals surface area contributed by atoms with Crippen molar-refractivity contribution in [3.05, 3.63) is 29.6 Å². The second kappa shape index (κ2) is 6.45. The number of anilines is 1. The zero-order valence-electron chi connectivity index (χ0n) is 14.8. The number of rotatable bonds is 3. The van der Waals surface area contributed by atoms with Gasteiger partial charge in [-0.2, -0.15) is 0 Å². The molecule has 24 heavy (non-hydrogen) atoms. The molecule has 0 unspecified atom stereocenters. The number of piperidine rings is 1. The first kappa shape index (κ1) is 17.4. The van der Waals surface area contributed by atoms with Gasteiger partial charge in [0.2, 0.25) is 5.91 Å². The Labute approximate surface area is 143 Å². The molecule has 4 nitrogen and oxygen atoms in total. The van der Waals surface area contributed by atoms with Crippen molar-refractivity contribution in [3.8, 4) is 0 Å². The van der Waals surface area contributed by atoms with Gasteiger partial charge in [-0.1, -0.05) is 6.07 Å². The van der Waals surface area contributed by atoms with Crippen LogP contribution in [0.25, 0.3) is 0 Å². The summed E-state index contributed by atoms with van der Waals surface area (Å²) in [6.07, 6.45) is 3.24. The Kier molecular flexibility index (Phi) is 4.67. The maximum absolute atomic E-state index is 13.5. The molecule has 2 saturated heterocycles. The molecular weight excluding hydrogens is 307 g/mol. The van der Waals surface area contributed by atoms with Crippen molar-refractivity contribution in [1.29, 1.82) is 0 Å². The quantitative estimate of drug-likeness (QED) is 0.922. The molecule has 1 N–H and O–H groups in total. The number of nitrogens with zero attached hydrogens (tertiary/aromatic N) is 1. The van der Waals surface area contributed by atoms with Gasteiger partial charge in [0.1, 0.15) is 5.82 Å². The predicted molar refractivity (Wildman–Crippen MR) is 92.5 cm³/mol. The van der Waals surface area contributed by atoms with Crippen LogP contribution in [0, 0.1) is 18.2 Å². The Hall–Kier alpha value is -1.46. The minimum Gasteiger partial charge on any atom is -0.375 e. The third-order valence-electron chi connectivity index (χ3n) is 5.40. The van der Waals surface area contributed by atoms with Gasteiger partial charge in [-0.25, -0.2) is 4.39 Å². The second-order valence-corrected chi connectivity index (χ2v) is 7.96. The van der Waals surface area contributed by atoms with E-state index in [0.717, 1.165) is 39.0 Å². The highest BCUT2D eigenvalue weighted by Gasteiger charge is 2.45. The third kappa shape index (κ3) is 3.78. The van der Waals surface area contributed by atoms with E-state index in [4.69, 9.17) is 4.74 Å². The highest BCUT2D eigenvalue weighted by molar-refractivity contribution is 5.92. The van der Waals surface area contributed by atoms with Gasteiger partial charge in [-0.15, -0.1) is 0 Å². The molecule has 0 aromatic heterocycles. The van der Waals surface area contributed by atoms with E-state index >= 15 is 0 Å². The number of likely N-dealkylation sites (tertiary alicyclic amines) is 1. The van der Waals surface area contributed by atoms with Crippen molar-refractivity contribution >= 4 is 11.6 Å². The second-order valence-electron chi connectivity index (χ2n) is 7.96. The third-order valence-corrected chi connectivity index (χ3v) is 5.40. The van der Waals surface area contributed by atoms with Crippen molar-refractivity contribution in [2.45, 2.75) is 45.6 Å². The minimum atomic E-state index is -0.295. The maximum Gasteiger partial charge on any atom is 0.238 e. The van der Waals surface area contributed by atoms with Gasteiger partial charge in [0, 0.05) is 11.3 Å². The summed E-state index contributed by atoms with van der Waals surface area (Å²) in [5, 5.41) is 2.83. The Balaban J connectivity index is 1.51. The van der Waals surface area contributed by atoms with Crippen molar-refractivity contribution in [3.63, 3.8) is 0 Å². The lowest BCUT2D eigenvalue weighted by Gasteiger charge is -2.38. The van der Waals surface area contributed by atoms with Crippen LogP contribution < -0.4 is 5.32 Å². The lowest BCUT2D eigenvalue weighted by Crippen LogP contribution is -2.44. The fourth-order valence-electron chi connectivity index (χ4n) is 4.00. The number of carbonyl (C=O) groups is 1. The molecule has 0 aliphatic carbocycles. The number of hydrogen-bond acceptors (Lipinski definition) is 3. The summed E-state index contributed by atoms with van der Waals surface area (Å²) in [4.78, 5) is 14.4. The number of nitrogens with one attached hydrogen (secondary N) is 1. The van der Waals surface area contributed by atoms with Crippen molar-refractivity contribution < 1.29 is 13.9 Å². The average Bonchev–Trinajstić information content (AvgIpc) is 2.82. The molecule has 3 rings (SSSR count). The molecule has 2 aliphatic heterocycles. The summed E-state index contributed by atoms with van der Waals surface area (Å²) in [5.74, 6) is -0.376. The van der Waals surface area contributed by atoms with Crippen molar-refractivity contribution in [2.75, 3.05) is 31.6 Å². The van der Waals surface area contributed by atoms with Crippen LogP contribution in [-0.4, -0.2) is 42.6 Å². The Morgan fingerprint density at radius 2 is 2.04 bits per heavy atom. The van der Waals surface area contributed by atoms with Crippen LogP contribution in [0.15, 0.2) is 18.2 Å². The number of benzene rings is 1. The van der Waals surface area contributed by atoms with E-state index in [0.29, 0.717) is 17.8 Å². The van der Waals surface area contributed by atoms with Crippen LogP contribution in [0.2, 0.25) is 0 Å². The zero-order chi connectivity index (χ0) is 17.4. The smallest absolute Gasteiger partial charge is 0.238 e. The number of ether oxygens (including phenoxy) is 1. The Bertz CT molecular complexity index is 622. The molecule has 1 aromatic rings. The Morgan fingerprint density at radius 1 is 1.33 bits per heavy atom. The summed E-state index contributed by atoms with van der Waals surface area (Å²) in [6, 6.07) is 4.75. The Morgan fingerprint density at radius 3 is 2.67 bits per heavy atom. The number of halogens is 1. The van der Waals surface area contributed by atoms with E-state index in [2.05, 4.69) is 24.1 Å². The van der Waals surface area contributed by atoms with Crippen molar-refractivity contribution in [2.24, 2.45) is 5.41 Å². The average molecular weight is 334 g/mol. The SMILES string of the molecule is Cc1c(F)cccc1NC(=O)CN1CCC2(CC1)COC(C)(C)C2. The van der Waals surface area contributed by atoms with Gasteiger partial charge in [0.15, 0.2) is 0 Å². The number of amides is 1. The van der Waals surface area contributed by atoms with Crippen LogP contribution in [0.1, 0.15) is 38.7 Å². The highest BCUT2D eigenvalue weighted by atomic mass is 19.1. The fraction of sp³-hybridized carbons (Fsp3) is 0.632. The van der Waals surface area contributed by atoms with Crippen LogP contribution in [0.3, 0.4) is 0 Å². The monoisotopic (exact) mass is 334 g/mol. The van der Waals surface area contributed by atoms with Crippen LogP contribution >= 0.6 is 0 Å². The van der Waals surface area contributed by atoms with E-state index < -0.39 is 0 Å². The summed E-state index contributed by atoms with van der Waals surface area (Å²) in [6.45, 7) is 9.01. The van der Waals surface area contributed by atoms with E-state index in [1.165, 1.54) is 6.07 Å². The summed E-state index contributed by atoms with van der Waals surface area (Å²) >= 11 is 0. The molecule has 1 aromatic carbocycles. The van der Waals surface area contributed by atoms with Gasteiger partial charge in [-0.05, 0) is 70.7 Å². The number of carbonyl (C=O) groups excluding carboxylic acids is 1. The summed E-state index contributed by atoms with van der Waals surface area (Å²) in [7, 11) is 0. The standard InChI is InChI=1S/C19H27FN2O2/c1-14-15(20)5-4-6-16(14)21-17(23)11-22-9-7-19(8-10-22)12-18(2,3)24-13-19/h4-6H,7-13H2,1-3H3,(H,21,23). The predicted octanol–water partition coefficient (Wildman–Crippen LogP) is 3.35. The maximum atomic E-state index is 13.5. The molecule has 1 spiro atoms. The van der Waals surface area contributed by atoms with Gasteiger partial charge < -0.3 is 10.1 Å². The molecule has 0 atom stereocenters. The van der Waals surface area contributed by atoms with E-state index in [9.17, 15) is 9.18 Å². The van der Waals surface area contributed by atoms with Gasteiger partial charge in [-0.3, -0.25) is 9.69 Å². The molecule has 5 heteroatoms. The van der Waals surface area contributed by atoms with E-state index in [-0.39, 0.29) is 22.7 Å². The first-order valence-electron chi connectivity index (χ1n) is 8.70. The van der Waals surface area contributed by atoms with Gasteiger partial charge in [0.05, 0.1) is 18.8 Å². The fourth-order valence-corrected chi connectivity index (χ4v) is 4.00. The molecule has 1 amide bonds. The molecule has 2 fully saturated rings.